The number of anilines is 1. The van der Waals surface area contributed by atoms with Crippen molar-refractivity contribution in [1.29, 1.82) is 0 Å². The van der Waals surface area contributed by atoms with Crippen LogP contribution in [-0.2, 0) is 0 Å². The van der Waals surface area contributed by atoms with Crippen molar-refractivity contribution in [3.63, 3.8) is 0 Å². The van der Waals surface area contributed by atoms with Gasteiger partial charge in [-0.25, -0.2) is 4.98 Å². The minimum Gasteiger partial charge on any atom is -0.294 e. The summed E-state index contributed by atoms with van der Waals surface area (Å²) in [6.45, 7) is 3.72. The van der Waals surface area contributed by atoms with Crippen molar-refractivity contribution < 1.29 is 4.79 Å². The molecule has 2 aromatic rings. The quantitative estimate of drug-likeness (QED) is 0.918. The van der Waals surface area contributed by atoms with E-state index in [4.69, 9.17) is 0 Å². The fourth-order valence-electron chi connectivity index (χ4n) is 1.90. The Morgan fingerprint density at radius 3 is 2.83 bits per heavy atom. The van der Waals surface area contributed by atoms with Crippen molar-refractivity contribution >= 4 is 23.2 Å². The number of nitrogens with one attached hydrogen (secondary N) is 1. The standard InChI is InChI=1S/C11H13N5OS/c1-6-9(18-5-12-6)10(17)13-11-15-14-7(2)16(11)8-3-4-8/h5,8H,3-4H2,1-2H3,(H,13,15,17). The fourth-order valence-corrected chi connectivity index (χ4v) is 2.60. The highest BCUT2D eigenvalue weighted by atomic mass is 32.1. The summed E-state index contributed by atoms with van der Waals surface area (Å²) in [5.74, 6) is 1.21. The first-order valence-electron chi connectivity index (χ1n) is 5.79. The van der Waals surface area contributed by atoms with Crippen molar-refractivity contribution in [2.24, 2.45) is 0 Å². The maximum atomic E-state index is 12.1. The Morgan fingerprint density at radius 2 is 2.22 bits per heavy atom. The zero-order valence-electron chi connectivity index (χ0n) is 10.2. The summed E-state index contributed by atoms with van der Waals surface area (Å²) in [6.07, 6.45) is 2.25. The van der Waals surface area contributed by atoms with E-state index in [0.29, 0.717) is 16.9 Å². The van der Waals surface area contributed by atoms with Crippen LogP contribution in [-0.4, -0.2) is 25.7 Å². The third-order valence-electron chi connectivity index (χ3n) is 2.96. The molecule has 1 amide bonds. The Balaban J connectivity index is 1.85. The van der Waals surface area contributed by atoms with Crippen LogP contribution in [0, 0.1) is 13.8 Å². The molecular formula is C11H13N5OS. The lowest BCUT2D eigenvalue weighted by atomic mass is 10.4. The summed E-state index contributed by atoms with van der Waals surface area (Å²) >= 11 is 1.33. The van der Waals surface area contributed by atoms with Gasteiger partial charge in [-0.05, 0) is 26.7 Å². The molecule has 18 heavy (non-hydrogen) atoms. The van der Waals surface area contributed by atoms with E-state index >= 15 is 0 Å². The number of hydrogen-bond donors (Lipinski definition) is 1. The molecule has 0 atom stereocenters. The van der Waals surface area contributed by atoms with Gasteiger partial charge < -0.3 is 0 Å². The number of aromatic nitrogens is 4. The first-order chi connectivity index (χ1) is 8.66. The molecule has 2 aromatic heterocycles. The van der Waals surface area contributed by atoms with Crippen molar-refractivity contribution in [2.45, 2.75) is 32.7 Å². The van der Waals surface area contributed by atoms with Crippen LogP contribution >= 0.6 is 11.3 Å². The average molecular weight is 263 g/mol. The van der Waals surface area contributed by atoms with Crippen LogP contribution in [0.3, 0.4) is 0 Å². The summed E-state index contributed by atoms with van der Waals surface area (Å²) in [7, 11) is 0. The second-order valence-corrected chi connectivity index (χ2v) is 5.25. The van der Waals surface area contributed by atoms with Crippen LogP contribution in [0.5, 0.6) is 0 Å². The highest BCUT2D eigenvalue weighted by Gasteiger charge is 2.29. The van der Waals surface area contributed by atoms with E-state index in [1.54, 1.807) is 5.51 Å². The normalized spacial score (nSPS) is 14.8. The van der Waals surface area contributed by atoms with E-state index in [9.17, 15) is 4.79 Å². The van der Waals surface area contributed by atoms with Crippen LogP contribution in [0.25, 0.3) is 0 Å². The Labute approximate surface area is 108 Å². The average Bonchev–Trinajstić information content (AvgIpc) is 2.97. The number of aryl methyl sites for hydroxylation is 2. The second kappa shape index (κ2) is 4.16. The largest absolute Gasteiger partial charge is 0.294 e. The SMILES string of the molecule is Cc1ncsc1C(=O)Nc1nnc(C)n1C1CC1. The van der Waals surface area contributed by atoms with Gasteiger partial charge in [-0.15, -0.1) is 21.5 Å². The van der Waals surface area contributed by atoms with Gasteiger partial charge in [0.1, 0.15) is 10.7 Å². The summed E-state index contributed by atoms with van der Waals surface area (Å²) in [5, 5.41) is 10.9. The number of amides is 1. The highest BCUT2D eigenvalue weighted by Crippen LogP contribution is 2.37. The lowest BCUT2D eigenvalue weighted by Gasteiger charge is -2.07. The maximum Gasteiger partial charge on any atom is 0.270 e. The van der Waals surface area contributed by atoms with Gasteiger partial charge in [-0.2, -0.15) is 0 Å². The van der Waals surface area contributed by atoms with Crippen LogP contribution in [0.15, 0.2) is 5.51 Å². The first-order valence-corrected chi connectivity index (χ1v) is 6.67. The monoisotopic (exact) mass is 263 g/mol. The van der Waals surface area contributed by atoms with Gasteiger partial charge in [0.05, 0.1) is 11.2 Å². The zero-order valence-corrected chi connectivity index (χ0v) is 11.0. The van der Waals surface area contributed by atoms with Gasteiger partial charge in [0.25, 0.3) is 5.91 Å². The lowest BCUT2D eigenvalue weighted by molar-refractivity contribution is 0.102. The molecule has 0 saturated heterocycles. The number of hydrogen-bond acceptors (Lipinski definition) is 5. The number of carbonyl (C=O) groups excluding carboxylic acids is 1. The molecule has 7 heteroatoms. The molecule has 94 valence electrons. The van der Waals surface area contributed by atoms with E-state index < -0.39 is 0 Å². The summed E-state index contributed by atoms with van der Waals surface area (Å²) in [4.78, 5) is 16.8. The zero-order chi connectivity index (χ0) is 12.7. The molecule has 0 aliphatic heterocycles. The van der Waals surface area contributed by atoms with Crippen molar-refractivity contribution in [3.8, 4) is 0 Å². The maximum absolute atomic E-state index is 12.1. The van der Waals surface area contributed by atoms with Gasteiger partial charge >= 0.3 is 0 Å². The van der Waals surface area contributed by atoms with E-state index in [1.807, 2.05) is 18.4 Å². The molecule has 2 heterocycles. The van der Waals surface area contributed by atoms with Crippen molar-refractivity contribution in [2.75, 3.05) is 5.32 Å². The number of thiazole rings is 1. The molecular weight excluding hydrogens is 250 g/mol. The van der Waals surface area contributed by atoms with Gasteiger partial charge in [-0.1, -0.05) is 0 Å². The molecule has 3 rings (SSSR count). The van der Waals surface area contributed by atoms with Gasteiger partial charge in [0.2, 0.25) is 5.95 Å². The summed E-state index contributed by atoms with van der Waals surface area (Å²) in [6, 6.07) is 0.442. The molecule has 0 unspecified atom stereocenters. The lowest BCUT2D eigenvalue weighted by Crippen LogP contribution is -2.16. The molecule has 1 saturated carbocycles. The van der Waals surface area contributed by atoms with Gasteiger partial charge in [-0.3, -0.25) is 14.7 Å². The Bertz CT molecular complexity index is 598. The predicted octanol–water partition coefficient (Wildman–Crippen LogP) is 1.94. The predicted molar refractivity (Wildman–Crippen MR) is 67.8 cm³/mol. The van der Waals surface area contributed by atoms with E-state index in [0.717, 1.165) is 24.4 Å². The Hall–Kier alpha value is -1.76. The molecule has 0 radical (unpaired) electrons. The van der Waals surface area contributed by atoms with Crippen LogP contribution in [0.2, 0.25) is 0 Å². The van der Waals surface area contributed by atoms with E-state index in [2.05, 4.69) is 20.5 Å². The number of nitrogens with zero attached hydrogens (tertiary/aromatic N) is 4. The van der Waals surface area contributed by atoms with Crippen molar-refractivity contribution in [1.82, 2.24) is 19.7 Å². The van der Waals surface area contributed by atoms with Crippen LogP contribution in [0.4, 0.5) is 5.95 Å². The fraction of sp³-hybridized carbons (Fsp3) is 0.455. The molecule has 0 bridgehead atoms. The highest BCUT2D eigenvalue weighted by molar-refractivity contribution is 7.12. The molecule has 1 aliphatic carbocycles. The first kappa shape index (κ1) is 11.3. The third kappa shape index (κ3) is 1.90. The topological polar surface area (TPSA) is 72.7 Å². The Kier molecular flexibility index (Phi) is 2.62. The van der Waals surface area contributed by atoms with Crippen LogP contribution < -0.4 is 5.32 Å². The minimum atomic E-state index is -0.163. The van der Waals surface area contributed by atoms with Gasteiger partial charge in [0.15, 0.2) is 0 Å². The van der Waals surface area contributed by atoms with Gasteiger partial charge in [0, 0.05) is 6.04 Å². The number of rotatable bonds is 3. The van der Waals surface area contributed by atoms with Crippen molar-refractivity contribution in [3.05, 3.63) is 21.9 Å². The number of carbonyl (C=O) groups is 1. The van der Waals surface area contributed by atoms with E-state index in [-0.39, 0.29) is 5.91 Å². The smallest absolute Gasteiger partial charge is 0.270 e. The molecule has 1 fully saturated rings. The molecule has 0 spiro atoms. The summed E-state index contributed by atoms with van der Waals surface area (Å²) in [5.41, 5.74) is 2.41. The second-order valence-electron chi connectivity index (χ2n) is 4.39. The molecule has 1 N–H and O–H groups in total. The molecule has 6 nitrogen and oxygen atoms in total. The minimum absolute atomic E-state index is 0.163. The summed E-state index contributed by atoms with van der Waals surface area (Å²) < 4.78 is 1.99. The third-order valence-corrected chi connectivity index (χ3v) is 3.88. The molecule has 1 aliphatic rings. The Morgan fingerprint density at radius 1 is 1.44 bits per heavy atom. The van der Waals surface area contributed by atoms with Crippen LogP contribution in [0.1, 0.15) is 40.1 Å². The molecule has 0 aromatic carbocycles. The van der Waals surface area contributed by atoms with E-state index in [1.165, 1.54) is 11.3 Å².